The number of anilines is 1. The molecule has 3 rings (SSSR count). The number of hydrogen-bond donors (Lipinski definition) is 0. The Kier molecular flexibility index (Phi) is 6.11. The average molecular weight is 385 g/mol. The van der Waals surface area contributed by atoms with Crippen LogP contribution in [0.1, 0.15) is 36.8 Å². The standard InChI is InChI=1S/C21H25ClN4O/c1-15(2)21-23-16(3)14-19(24-21)25-10-12-26(13-11-25)20(27)9-8-17-6-4-5-7-18(17)22/h4-9,14-15H,10-13H2,1-3H3/b9-8+. The molecule has 0 atom stereocenters. The predicted octanol–water partition coefficient (Wildman–Crippen LogP) is 3.92. The zero-order valence-corrected chi connectivity index (χ0v) is 16.8. The SMILES string of the molecule is Cc1cc(N2CCN(C(=O)/C=C/c3ccccc3Cl)CC2)nc(C(C)C)n1. The van der Waals surface area contributed by atoms with Crippen LogP contribution in [0.2, 0.25) is 5.02 Å². The molecule has 1 aliphatic heterocycles. The largest absolute Gasteiger partial charge is 0.353 e. The highest BCUT2D eigenvalue weighted by atomic mass is 35.5. The Hall–Kier alpha value is -2.40. The summed E-state index contributed by atoms with van der Waals surface area (Å²) in [5, 5.41) is 0.645. The number of halogens is 1. The van der Waals surface area contributed by atoms with Gasteiger partial charge in [0.05, 0.1) is 0 Å². The lowest BCUT2D eigenvalue weighted by Gasteiger charge is -2.35. The Morgan fingerprint density at radius 2 is 1.85 bits per heavy atom. The van der Waals surface area contributed by atoms with Crippen molar-refractivity contribution in [2.75, 3.05) is 31.1 Å². The third-order valence-corrected chi connectivity index (χ3v) is 4.94. The van der Waals surface area contributed by atoms with Crippen LogP contribution in [0.3, 0.4) is 0 Å². The van der Waals surface area contributed by atoms with Crippen molar-refractivity contribution in [1.29, 1.82) is 0 Å². The topological polar surface area (TPSA) is 49.3 Å². The molecule has 5 nitrogen and oxygen atoms in total. The second-order valence-corrected chi connectivity index (χ2v) is 7.45. The van der Waals surface area contributed by atoms with E-state index in [-0.39, 0.29) is 5.91 Å². The van der Waals surface area contributed by atoms with Gasteiger partial charge < -0.3 is 9.80 Å². The van der Waals surface area contributed by atoms with Crippen molar-refractivity contribution in [3.8, 4) is 0 Å². The number of benzene rings is 1. The number of aromatic nitrogens is 2. The van der Waals surface area contributed by atoms with E-state index in [4.69, 9.17) is 16.6 Å². The summed E-state index contributed by atoms with van der Waals surface area (Å²) >= 11 is 6.13. The minimum atomic E-state index is 0.0105. The molecule has 1 amide bonds. The second-order valence-electron chi connectivity index (χ2n) is 7.05. The molecule has 1 aromatic carbocycles. The van der Waals surface area contributed by atoms with Crippen molar-refractivity contribution >= 4 is 29.4 Å². The molecule has 0 radical (unpaired) electrons. The Bertz CT molecular complexity index is 842. The summed E-state index contributed by atoms with van der Waals surface area (Å²) in [6.45, 7) is 9.06. The molecule has 2 aromatic rings. The number of piperazine rings is 1. The highest BCUT2D eigenvalue weighted by Gasteiger charge is 2.21. The highest BCUT2D eigenvalue weighted by Crippen LogP contribution is 2.19. The van der Waals surface area contributed by atoms with Crippen LogP contribution in [0.25, 0.3) is 6.08 Å². The van der Waals surface area contributed by atoms with Gasteiger partial charge >= 0.3 is 0 Å². The van der Waals surface area contributed by atoms with Crippen LogP contribution >= 0.6 is 11.6 Å². The molecule has 2 heterocycles. The Balaban J connectivity index is 1.62. The molecule has 6 heteroatoms. The van der Waals surface area contributed by atoms with Crippen LogP contribution in [-0.4, -0.2) is 47.0 Å². The van der Waals surface area contributed by atoms with E-state index in [0.29, 0.717) is 24.0 Å². The van der Waals surface area contributed by atoms with Crippen molar-refractivity contribution in [2.24, 2.45) is 0 Å². The molecule has 0 aliphatic carbocycles. The van der Waals surface area contributed by atoms with E-state index in [1.807, 2.05) is 42.2 Å². The zero-order chi connectivity index (χ0) is 19.4. The average Bonchev–Trinajstić information content (AvgIpc) is 2.66. The van der Waals surface area contributed by atoms with E-state index >= 15 is 0 Å². The number of rotatable bonds is 4. The van der Waals surface area contributed by atoms with Crippen LogP contribution < -0.4 is 4.90 Å². The molecular formula is C21H25ClN4O. The van der Waals surface area contributed by atoms with Gasteiger partial charge in [0.2, 0.25) is 5.91 Å². The molecule has 1 aromatic heterocycles. The summed E-state index contributed by atoms with van der Waals surface area (Å²) in [6, 6.07) is 9.51. The minimum Gasteiger partial charge on any atom is -0.353 e. The van der Waals surface area contributed by atoms with Gasteiger partial charge in [-0.2, -0.15) is 0 Å². The monoisotopic (exact) mass is 384 g/mol. The van der Waals surface area contributed by atoms with Gasteiger partial charge in [-0.05, 0) is 24.6 Å². The molecule has 1 saturated heterocycles. The van der Waals surface area contributed by atoms with Crippen molar-refractivity contribution < 1.29 is 4.79 Å². The summed E-state index contributed by atoms with van der Waals surface area (Å²) in [6.07, 6.45) is 3.38. The van der Waals surface area contributed by atoms with Gasteiger partial charge in [-0.1, -0.05) is 43.6 Å². The van der Waals surface area contributed by atoms with E-state index in [2.05, 4.69) is 23.7 Å². The maximum atomic E-state index is 12.5. The lowest BCUT2D eigenvalue weighted by molar-refractivity contribution is -0.126. The van der Waals surface area contributed by atoms with Crippen LogP contribution in [0.4, 0.5) is 5.82 Å². The summed E-state index contributed by atoms with van der Waals surface area (Å²) < 4.78 is 0. The van der Waals surface area contributed by atoms with E-state index < -0.39 is 0 Å². The molecule has 142 valence electrons. The molecule has 0 spiro atoms. The lowest BCUT2D eigenvalue weighted by Crippen LogP contribution is -2.48. The Labute approximate surface area is 165 Å². The first kappa shape index (κ1) is 19.4. The third kappa shape index (κ3) is 4.86. The summed E-state index contributed by atoms with van der Waals surface area (Å²) in [5.74, 6) is 2.12. The second kappa shape index (κ2) is 8.53. The molecule has 1 fully saturated rings. The fourth-order valence-electron chi connectivity index (χ4n) is 3.03. The van der Waals surface area contributed by atoms with Gasteiger partial charge in [0.15, 0.2) is 0 Å². The van der Waals surface area contributed by atoms with Crippen LogP contribution in [-0.2, 0) is 4.79 Å². The van der Waals surface area contributed by atoms with Gasteiger partial charge in [0.25, 0.3) is 0 Å². The van der Waals surface area contributed by atoms with Crippen LogP contribution in [0.5, 0.6) is 0 Å². The molecular weight excluding hydrogens is 360 g/mol. The fourth-order valence-corrected chi connectivity index (χ4v) is 3.23. The predicted molar refractivity (Wildman–Crippen MR) is 110 cm³/mol. The summed E-state index contributed by atoms with van der Waals surface area (Å²) in [5.41, 5.74) is 1.83. The Morgan fingerprint density at radius 1 is 1.15 bits per heavy atom. The molecule has 0 N–H and O–H groups in total. The first-order valence-corrected chi connectivity index (χ1v) is 9.64. The van der Waals surface area contributed by atoms with Crippen molar-refractivity contribution in [3.05, 3.63) is 58.5 Å². The highest BCUT2D eigenvalue weighted by molar-refractivity contribution is 6.32. The zero-order valence-electron chi connectivity index (χ0n) is 16.0. The maximum absolute atomic E-state index is 12.5. The van der Waals surface area contributed by atoms with E-state index in [1.165, 1.54) is 0 Å². The molecule has 0 bridgehead atoms. The number of hydrogen-bond acceptors (Lipinski definition) is 4. The normalized spacial score (nSPS) is 15.0. The number of carbonyl (C=O) groups is 1. The molecule has 0 unspecified atom stereocenters. The summed E-state index contributed by atoms with van der Waals surface area (Å²) in [7, 11) is 0. The first-order chi connectivity index (χ1) is 12.9. The van der Waals surface area contributed by atoms with Crippen molar-refractivity contribution in [2.45, 2.75) is 26.7 Å². The van der Waals surface area contributed by atoms with Crippen LogP contribution in [0.15, 0.2) is 36.4 Å². The van der Waals surface area contributed by atoms with Crippen molar-refractivity contribution in [3.63, 3.8) is 0 Å². The minimum absolute atomic E-state index is 0.0105. The third-order valence-electron chi connectivity index (χ3n) is 4.60. The van der Waals surface area contributed by atoms with Crippen LogP contribution in [0, 0.1) is 6.92 Å². The summed E-state index contributed by atoms with van der Waals surface area (Å²) in [4.78, 5) is 25.8. The van der Waals surface area contributed by atoms with Gasteiger partial charge in [0, 0.05) is 55.0 Å². The van der Waals surface area contributed by atoms with Gasteiger partial charge in [-0.3, -0.25) is 4.79 Å². The Morgan fingerprint density at radius 3 is 2.52 bits per heavy atom. The van der Waals surface area contributed by atoms with Gasteiger partial charge in [-0.15, -0.1) is 0 Å². The molecule has 1 aliphatic rings. The smallest absolute Gasteiger partial charge is 0.246 e. The van der Waals surface area contributed by atoms with Gasteiger partial charge in [0.1, 0.15) is 11.6 Å². The van der Waals surface area contributed by atoms with E-state index in [0.717, 1.165) is 36.0 Å². The van der Waals surface area contributed by atoms with Gasteiger partial charge in [-0.25, -0.2) is 9.97 Å². The lowest BCUT2D eigenvalue weighted by atomic mass is 10.2. The quantitative estimate of drug-likeness (QED) is 0.749. The van der Waals surface area contributed by atoms with E-state index in [1.54, 1.807) is 12.2 Å². The number of carbonyl (C=O) groups excluding carboxylic acids is 1. The molecule has 0 saturated carbocycles. The van der Waals surface area contributed by atoms with Crippen molar-refractivity contribution in [1.82, 2.24) is 14.9 Å². The number of nitrogens with zero attached hydrogens (tertiary/aromatic N) is 4. The molecule has 27 heavy (non-hydrogen) atoms. The van der Waals surface area contributed by atoms with E-state index in [9.17, 15) is 4.79 Å². The number of amides is 1. The fraction of sp³-hybridized carbons (Fsp3) is 0.381. The number of aryl methyl sites for hydroxylation is 1. The first-order valence-electron chi connectivity index (χ1n) is 9.26. The maximum Gasteiger partial charge on any atom is 0.246 e.